The SMILES string of the molecule is CC(c1ccc(C2CCCCC2)cc1)C(CN)N(C)C. The summed E-state index contributed by atoms with van der Waals surface area (Å²) < 4.78 is 0. The third-order valence-corrected chi connectivity index (χ3v) is 5.02. The second kappa shape index (κ2) is 7.24. The predicted molar refractivity (Wildman–Crippen MR) is 87.2 cm³/mol. The van der Waals surface area contributed by atoms with Crippen molar-refractivity contribution in [3.8, 4) is 0 Å². The summed E-state index contributed by atoms with van der Waals surface area (Å²) in [5.41, 5.74) is 8.86. The zero-order valence-electron chi connectivity index (χ0n) is 13.3. The molecule has 2 rings (SSSR count). The van der Waals surface area contributed by atoms with Gasteiger partial charge in [0.25, 0.3) is 0 Å². The molecular formula is C18H30N2. The Kier molecular flexibility index (Phi) is 5.62. The Hall–Kier alpha value is -0.860. The largest absolute Gasteiger partial charge is 0.329 e. The lowest BCUT2D eigenvalue weighted by molar-refractivity contribution is 0.267. The second-order valence-corrected chi connectivity index (χ2v) is 6.56. The molecule has 0 aromatic heterocycles. The van der Waals surface area contributed by atoms with E-state index < -0.39 is 0 Å². The van der Waals surface area contributed by atoms with Crippen LogP contribution in [0.2, 0.25) is 0 Å². The van der Waals surface area contributed by atoms with E-state index in [0.717, 1.165) is 5.92 Å². The van der Waals surface area contributed by atoms with E-state index in [-0.39, 0.29) is 0 Å². The lowest BCUT2D eigenvalue weighted by Crippen LogP contribution is -2.39. The summed E-state index contributed by atoms with van der Waals surface area (Å²) >= 11 is 0. The molecule has 2 atom stereocenters. The topological polar surface area (TPSA) is 29.3 Å². The summed E-state index contributed by atoms with van der Waals surface area (Å²) in [4.78, 5) is 2.24. The molecule has 0 saturated heterocycles. The first-order valence-corrected chi connectivity index (χ1v) is 8.10. The lowest BCUT2D eigenvalue weighted by atomic mass is 9.83. The maximum Gasteiger partial charge on any atom is 0.0278 e. The smallest absolute Gasteiger partial charge is 0.0278 e. The number of benzene rings is 1. The third kappa shape index (κ3) is 3.62. The van der Waals surface area contributed by atoms with E-state index in [0.29, 0.717) is 18.5 Å². The standard InChI is InChI=1S/C18H30N2/c1-14(18(13-19)20(2)3)15-9-11-17(12-10-15)16-7-5-4-6-8-16/h9-12,14,16,18H,4-8,13,19H2,1-3H3. The summed E-state index contributed by atoms with van der Waals surface area (Å²) in [6.45, 7) is 2.99. The van der Waals surface area contributed by atoms with E-state index in [1.807, 2.05) is 0 Å². The van der Waals surface area contributed by atoms with Crippen LogP contribution >= 0.6 is 0 Å². The Morgan fingerprint density at radius 3 is 2.20 bits per heavy atom. The molecule has 20 heavy (non-hydrogen) atoms. The van der Waals surface area contributed by atoms with Crippen molar-refractivity contribution >= 4 is 0 Å². The Morgan fingerprint density at radius 1 is 1.10 bits per heavy atom. The van der Waals surface area contributed by atoms with E-state index in [4.69, 9.17) is 5.73 Å². The number of likely N-dealkylation sites (N-methyl/N-ethyl adjacent to an activating group) is 1. The van der Waals surface area contributed by atoms with Gasteiger partial charge in [-0.15, -0.1) is 0 Å². The first kappa shape index (κ1) is 15.5. The monoisotopic (exact) mass is 274 g/mol. The normalized spacial score (nSPS) is 20.1. The van der Waals surface area contributed by atoms with Gasteiger partial charge < -0.3 is 10.6 Å². The molecule has 0 aliphatic heterocycles. The number of nitrogens with zero attached hydrogens (tertiary/aromatic N) is 1. The molecule has 1 aliphatic rings. The van der Waals surface area contributed by atoms with Crippen LogP contribution < -0.4 is 5.73 Å². The molecule has 1 saturated carbocycles. The van der Waals surface area contributed by atoms with Crippen LogP contribution in [0.15, 0.2) is 24.3 Å². The van der Waals surface area contributed by atoms with Gasteiger partial charge in [0.15, 0.2) is 0 Å². The van der Waals surface area contributed by atoms with Gasteiger partial charge in [-0.2, -0.15) is 0 Å². The first-order valence-electron chi connectivity index (χ1n) is 8.10. The number of nitrogens with two attached hydrogens (primary N) is 1. The molecular weight excluding hydrogens is 244 g/mol. The van der Waals surface area contributed by atoms with Crippen molar-refractivity contribution in [3.63, 3.8) is 0 Å². The van der Waals surface area contributed by atoms with Gasteiger partial charge in [0.1, 0.15) is 0 Å². The fourth-order valence-corrected chi connectivity index (χ4v) is 3.59. The zero-order valence-corrected chi connectivity index (χ0v) is 13.3. The Labute approximate surface area is 124 Å². The summed E-state index contributed by atoms with van der Waals surface area (Å²) in [6.07, 6.45) is 6.97. The highest BCUT2D eigenvalue weighted by atomic mass is 15.1. The molecule has 1 aromatic rings. The van der Waals surface area contributed by atoms with E-state index in [1.165, 1.54) is 43.2 Å². The molecule has 0 amide bonds. The fraction of sp³-hybridized carbons (Fsp3) is 0.667. The van der Waals surface area contributed by atoms with E-state index >= 15 is 0 Å². The van der Waals surface area contributed by atoms with E-state index in [9.17, 15) is 0 Å². The summed E-state index contributed by atoms with van der Waals surface area (Å²) in [7, 11) is 4.23. The van der Waals surface area contributed by atoms with Gasteiger partial charge in [0, 0.05) is 12.6 Å². The van der Waals surface area contributed by atoms with Crippen LogP contribution in [0, 0.1) is 0 Å². The van der Waals surface area contributed by atoms with Crippen molar-refractivity contribution in [2.24, 2.45) is 5.73 Å². The molecule has 1 aromatic carbocycles. The van der Waals surface area contributed by atoms with E-state index in [1.54, 1.807) is 0 Å². The average Bonchev–Trinajstić information content (AvgIpc) is 2.48. The van der Waals surface area contributed by atoms with Crippen LogP contribution in [0.4, 0.5) is 0 Å². The highest BCUT2D eigenvalue weighted by molar-refractivity contribution is 5.28. The predicted octanol–water partition coefficient (Wildman–Crippen LogP) is 3.73. The van der Waals surface area contributed by atoms with Crippen LogP contribution in [0.25, 0.3) is 0 Å². The van der Waals surface area contributed by atoms with Crippen LogP contribution in [0.1, 0.15) is 62.0 Å². The molecule has 0 bridgehead atoms. The maximum absolute atomic E-state index is 5.92. The fourth-order valence-electron chi connectivity index (χ4n) is 3.59. The minimum atomic E-state index is 0.413. The van der Waals surface area contributed by atoms with Crippen molar-refractivity contribution < 1.29 is 0 Å². The number of hydrogen-bond acceptors (Lipinski definition) is 2. The van der Waals surface area contributed by atoms with Gasteiger partial charge in [0.05, 0.1) is 0 Å². The quantitative estimate of drug-likeness (QED) is 0.886. The lowest BCUT2D eigenvalue weighted by Gasteiger charge is -2.29. The van der Waals surface area contributed by atoms with Gasteiger partial charge in [-0.05, 0) is 49.9 Å². The van der Waals surface area contributed by atoms with Crippen molar-refractivity contribution in [1.29, 1.82) is 0 Å². The van der Waals surface area contributed by atoms with Crippen LogP contribution in [-0.2, 0) is 0 Å². The average molecular weight is 274 g/mol. The molecule has 0 heterocycles. The van der Waals surface area contributed by atoms with Crippen LogP contribution in [-0.4, -0.2) is 31.6 Å². The number of hydrogen-bond donors (Lipinski definition) is 1. The van der Waals surface area contributed by atoms with Crippen molar-refractivity contribution in [1.82, 2.24) is 4.90 Å². The Bertz CT molecular complexity index is 390. The Morgan fingerprint density at radius 2 is 1.70 bits per heavy atom. The minimum Gasteiger partial charge on any atom is -0.329 e. The Balaban J connectivity index is 2.06. The van der Waals surface area contributed by atoms with Gasteiger partial charge in [-0.25, -0.2) is 0 Å². The molecule has 1 aliphatic carbocycles. The second-order valence-electron chi connectivity index (χ2n) is 6.56. The van der Waals surface area contributed by atoms with Gasteiger partial charge >= 0.3 is 0 Å². The van der Waals surface area contributed by atoms with Crippen molar-refractivity contribution in [3.05, 3.63) is 35.4 Å². The number of rotatable bonds is 5. The highest BCUT2D eigenvalue weighted by Crippen LogP contribution is 2.33. The molecule has 2 nitrogen and oxygen atoms in total. The van der Waals surface area contributed by atoms with Crippen molar-refractivity contribution in [2.45, 2.75) is 56.9 Å². The molecule has 1 fully saturated rings. The minimum absolute atomic E-state index is 0.413. The molecule has 112 valence electrons. The molecule has 0 radical (unpaired) electrons. The van der Waals surface area contributed by atoms with Crippen molar-refractivity contribution in [2.75, 3.05) is 20.6 Å². The zero-order chi connectivity index (χ0) is 14.5. The van der Waals surface area contributed by atoms with E-state index in [2.05, 4.69) is 50.2 Å². The maximum atomic E-state index is 5.92. The highest BCUT2D eigenvalue weighted by Gasteiger charge is 2.20. The third-order valence-electron chi connectivity index (χ3n) is 5.02. The molecule has 2 heteroatoms. The van der Waals surface area contributed by atoms with Gasteiger partial charge in [-0.1, -0.05) is 50.5 Å². The summed E-state index contributed by atoms with van der Waals surface area (Å²) in [5.74, 6) is 1.28. The van der Waals surface area contributed by atoms with Gasteiger partial charge in [-0.3, -0.25) is 0 Å². The summed E-state index contributed by atoms with van der Waals surface area (Å²) in [5, 5.41) is 0. The molecule has 0 spiro atoms. The first-order chi connectivity index (χ1) is 9.63. The van der Waals surface area contributed by atoms with Crippen LogP contribution in [0.3, 0.4) is 0 Å². The van der Waals surface area contributed by atoms with Gasteiger partial charge in [0.2, 0.25) is 0 Å². The van der Waals surface area contributed by atoms with Crippen LogP contribution in [0.5, 0.6) is 0 Å². The summed E-state index contributed by atoms with van der Waals surface area (Å²) in [6, 6.07) is 9.76. The molecule has 2 N–H and O–H groups in total. The molecule has 2 unspecified atom stereocenters.